The summed E-state index contributed by atoms with van der Waals surface area (Å²) in [5.41, 5.74) is 2.07. The maximum Gasteiger partial charge on any atom is 0.166 e. The molecule has 3 aromatic rings. The fourth-order valence-electron chi connectivity index (χ4n) is 7.03. The summed E-state index contributed by atoms with van der Waals surface area (Å²) < 4.78 is 60.2. The predicted molar refractivity (Wildman–Crippen MR) is 161 cm³/mol. The highest BCUT2D eigenvalue weighted by Crippen LogP contribution is 2.45. The van der Waals surface area contributed by atoms with Crippen LogP contribution in [-0.4, -0.2) is 0 Å². The highest BCUT2D eigenvalue weighted by molar-refractivity contribution is 5.71. The molecule has 2 aliphatic carbocycles. The van der Waals surface area contributed by atoms with Gasteiger partial charge in [0.1, 0.15) is 0 Å². The maximum atomic E-state index is 15.4. The second-order valence-corrected chi connectivity index (χ2v) is 11.9. The van der Waals surface area contributed by atoms with Crippen molar-refractivity contribution >= 4 is 0 Å². The number of halogens is 4. The standard InChI is InChI=1S/C37H40F4/c1-3-5-6-7-30-20-21-31(35(39)34(30)38)28-16-18-29(19-17-28)33-23-22-32(36(40)37(33)41)27-14-12-26(13-15-27)25-10-8-24(4-2)9-11-25/h4-6,16-27H,2-3,7-15H2,1H3/b6-5-. The molecule has 0 atom stereocenters. The molecular formula is C37H40F4. The summed E-state index contributed by atoms with van der Waals surface area (Å²) in [6, 6.07) is 13.1. The zero-order valence-corrected chi connectivity index (χ0v) is 24.0. The first-order chi connectivity index (χ1) is 19.9. The first kappa shape index (κ1) is 29.4. The number of benzene rings is 3. The first-order valence-electron chi connectivity index (χ1n) is 15.2. The predicted octanol–water partition coefficient (Wildman–Crippen LogP) is 11.4. The van der Waals surface area contributed by atoms with E-state index in [1.807, 2.05) is 19.1 Å². The second-order valence-electron chi connectivity index (χ2n) is 11.9. The van der Waals surface area contributed by atoms with Crippen molar-refractivity contribution in [3.05, 3.63) is 108 Å². The molecule has 0 bridgehead atoms. The number of allylic oxidation sites excluding steroid dienone is 3. The SMILES string of the molecule is C=CC1CCC(C2CCC(c3ccc(-c4ccc(-c5ccc(C/C=C\CC)c(F)c5F)cc4)c(F)c3F)CC2)CC1. The lowest BCUT2D eigenvalue weighted by molar-refractivity contribution is 0.171. The van der Waals surface area contributed by atoms with Gasteiger partial charge in [-0.05, 0) is 110 Å². The number of hydrogen-bond acceptors (Lipinski definition) is 0. The van der Waals surface area contributed by atoms with Crippen LogP contribution in [0.3, 0.4) is 0 Å². The minimum Gasteiger partial charge on any atom is -0.203 e. The minimum absolute atomic E-state index is 0.0417. The lowest BCUT2D eigenvalue weighted by atomic mass is 9.68. The van der Waals surface area contributed by atoms with Crippen LogP contribution in [0.15, 0.2) is 73.3 Å². The van der Waals surface area contributed by atoms with E-state index in [9.17, 15) is 8.78 Å². The summed E-state index contributed by atoms with van der Waals surface area (Å²) in [5.74, 6) is -1.22. The summed E-state index contributed by atoms with van der Waals surface area (Å²) in [6.45, 7) is 5.93. The van der Waals surface area contributed by atoms with Crippen molar-refractivity contribution in [1.82, 2.24) is 0 Å². The van der Waals surface area contributed by atoms with Crippen molar-refractivity contribution in [2.45, 2.75) is 77.0 Å². The molecule has 0 aliphatic heterocycles. The van der Waals surface area contributed by atoms with E-state index < -0.39 is 23.3 Å². The topological polar surface area (TPSA) is 0 Å². The van der Waals surface area contributed by atoms with E-state index in [0.29, 0.717) is 40.5 Å². The van der Waals surface area contributed by atoms with Crippen molar-refractivity contribution in [1.29, 1.82) is 0 Å². The van der Waals surface area contributed by atoms with Crippen molar-refractivity contribution in [3.8, 4) is 22.3 Å². The molecule has 0 amide bonds. The van der Waals surface area contributed by atoms with Gasteiger partial charge in [-0.2, -0.15) is 0 Å². The third-order valence-electron chi connectivity index (χ3n) is 9.55. The molecule has 2 aliphatic rings. The average molecular weight is 561 g/mol. The quantitative estimate of drug-likeness (QED) is 0.190. The molecule has 0 saturated heterocycles. The molecule has 0 nitrogen and oxygen atoms in total. The van der Waals surface area contributed by atoms with Gasteiger partial charge in [0.2, 0.25) is 0 Å². The molecule has 4 heteroatoms. The van der Waals surface area contributed by atoms with Crippen molar-refractivity contribution in [2.24, 2.45) is 17.8 Å². The molecule has 0 N–H and O–H groups in total. The normalized spacial score (nSPS) is 23.1. The molecule has 3 aromatic carbocycles. The molecular weight excluding hydrogens is 520 g/mol. The maximum absolute atomic E-state index is 15.4. The summed E-state index contributed by atoms with van der Waals surface area (Å²) >= 11 is 0. The van der Waals surface area contributed by atoms with Gasteiger partial charge in [0.15, 0.2) is 23.3 Å². The van der Waals surface area contributed by atoms with E-state index in [4.69, 9.17) is 0 Å². The van der Waals surface area contributed by atoms with Crippen LogP contribution in [0.1, 0.15) is 81.8 Å². The summed E-state index contributed by atoms with van der Waals surface area (Å²) in [7, 11) is 0. The zero-order chi connectivity index (χ0) is 28.9. The Bertz CT molecular complexity index is 1370. The van der Waals surface area contributed by atoms with Crippen LogP contribution in [0.25, 0.3) is 22.3 Å². The average Bonchev–Trinajstić information content (AvgIpc) is 3.01. The molecule has 2 saturated carbocycles. The Hall–Kier alpha value is -3.14. The molecule has 5 rings (SSSR count). The lowest BCUT2D eigenvalue weighted by Crippen LogP contribution is -2.25. The van der Waals surface area contributed by atoms with E-state index in [0.717, 1.165) is 38.0 Å². The largest absolute Gasteiger partial charge is 0.203 e. The van der Waals surface area contributed by atoms with Crippen molar-refractivity contribution in [2.75, 3.05) is 0 Å². The van der Waals surface area contributed by atoms with Gasteiger partial charge in [0, 0.05) is 11.1 Å². The Balaban J connectivity index is 1.27. The van der Waals surface area contributed by atoms with Gasteiger partial charge >= 0.3 is 0 Å². The van der Waals surface area contributed by atoms with Gasteiger partial charge in [0.25, 0.3) is 0 Å². The van der Waals surface area contributed by atoms with Gasteiger partial charge in [0.05, 0.1) is 0 Å². The molecule has 0 spiro atoms. The highest BCUT2D eigenvalue weighted by atomic mass is 19.2. The van der Waals surface area contributed by atoms with E-state index in [2.05, 4.69) is 12.7 Å². The molecule has 0 aromatic heterocycles. The molecule has 216 valence electrons. The van der Waals surface area contributed by atoms with Gasteiger partial charge in [-0.25, -0.2) is 17.6 Å². The van der Waals surface area contributed by atoms with E-state index in [1.165, 1.54) is 25.7 Å². The van der Waals surface area contributed by atoms with Crippen LogP contribution in [0.4, 0.5) is 17.6 Å². The molecule has 0 radical (unpaired) electrons. The fraction of sp³-hybridized carbons (Fsp3) is 0.405. The van der Waals surface area contributed by atoms with E-state index in [-0.39, 0.29) is 17.0 Å². The summed E-state index contributed by atoms with van der Waals surface area (Å²) in [6.07, 6.45) is 15.9. The molecule has 2 fully saturated rings. The fourth-order valence-corrected chi connectivity index (χ4v) is 7.03. The van der Waals surface area contributed by atoms with Crippen LogP contribution >= 0.6 is 0 Å². The van der Waals surface area contributed by atoms with Gasteiger partial charge in [-0.15, -0.1) is 6.58 Å². The van der Waals surface area contributed by atoms with Crippen LogP contribution in [-0.2, 0) is 6.42 Å². The molecule has 0 heterocycles. The van der Waals surface area contributed by atoms with Crippen LogP contribution < -0.4 is 0 Å². The van der Waals surface area contributed by atoms with Gasteiger partial charge in [-0.3, -0.25) is 0 Å². The smallest absolute Gasteiger partial charge is 0.166 e. The molecule has 0 unspecified atom stereocenters. The van der Waals surface area contributed by atoms with Crippen LogP contribution in [0.2, 0.25) is 0 Å². The first-order valence-corrected chi connectivity index (χ1v) is 15.2. The number of hydrogen-bond donors (Lipinski definition) is 0. The zero-order valence-electron chi connectivity index (χ0n) is 24.0. The monoisotopic (exact) mass is 560 g/mol. The number of rotatable bonds is 8. The Morgan fingerprint density at radius 2 is 1.17 bits per heavy atom. The Morgan fingerprint density at radius 3 is 1.73 bits per heavy atom. The summed E-state index contributed by atoms with van der Waals surface area (Å²) in [5, 5.41) is 0. The van der Waals surface area contributed by atoms with Gasteiger partial charge in [-0.1, -0.05) is 73.7 Å². The van der Waals surface area contributed by atoms with Gasteiger partial charge < -0.3 is 0 Å². The molecule has 41 heavy (non-hydrogen) atoms. The van der Waals surface area contributed by atoms with E-state index in [1.54, 1.807) is 48.5 Å². The Morgan fingerprint density at radius 1 is 0.634 bits per heavy atom. The Kier molecular flexibility index (Phi) is 9.47. The Labute approximate surface area is 242 Å². The van der Waals surface area contributed by atoms with Crippen molar-refractivity contribution < 1.29 is 17.6 Å². The van der Waals surface area contributed by atoms with Crippen molar-refractivity contribution in [3.63, 3.8) is 0 Å². The second kappa shape index (κ2) is 13.2. The van der Waals surface area contributed by atoms with Crippen LogP contribution in [0.5, 0.6) is 0 Å². The van der Waals surface area contributed by atoms with E-state index >= 15 is 8.78 Å². The minimum atomic E-state index is -0.902. The highest BCUT2D eigenvalue weighted by Gasteiger charge is 2.32. The van der Waals surface area contributed by atoms with Crippen LogP contribution in [0, 0.1) is 41.0 Å². The lowest BCUT2D eigenvalue weighted by Gasteiger charge is -2.37. The third-order valence-corrected chi connectivity index (χ3v) is 9.55. The third kappa shape index (κ3) is 6.37. The summed E-state index contributed by atoms with van der Waals surface area (Å²) in [4.78, 5) is 0.